The van der Waals surface area contributed by atoms with Crippen molar-refractivity contribution in [1.29, 1.82) is 0 Å². The Kier molecular flexibility index (Phi) is 1.22. The van der Waals surface area contributed by atoms with E-state index in [9.17, 15) is 9.59 Å². The van der Waals surface area contributed by atoms with Crippen molar-refractivity contribution >= 4 is 11.6 Å². The Morgan fingerprint density at radius 1 is 0.923 bits per heavy atom. The van der Waals surface area contributed by atoms with Gasteiger partial charge in [0.25, 0.3) is 0 Å². The summed E-state index contributed by atoms with van der Waals surface area (Å²) in [4.78, 5) is 23.0. The molecule has 0 aromatic rings. The largest absolute Gasteiger partial charge is 0.295 e. The Labute approximate surface area is 76.3 Å². The van der Waals surface area contributed by atoms with E-state index in [-0.39, 0.29) is 23.4 Å². The molecule has 3 aliphatic rings. The van der Waals surface area contributed by atoms with Crippen molar-refractivity contribution in [2.24, 2.45) is 23.7 Å². The van der Waals surface area contributed by atoms with Gasteiger partial charge in [0.2, 0.25) is 0 Å². The summed E-state index contributed by atoms with van der Waals surface area (Å²) in [6.07, 6.45) is 8.24. The standard InChI is InChI=1S/C11H10O2/c12-8-3-1-6-5-7-2-4-9(13)11(7)10(6)8/h1-4,6-7,10-11H,5H2/t6-,7+,10+,11-. The summed E-state index contributed by atoms with van der Waals surface area (Å²) in [6, 6.07) is 0. The molecule has 1 fully saturated rings. The summed E-state index contributed by atoms with van der Waals surface area (Å²) >= 11 is 0. The minimum absolute atomic E-state index is 0.0208. The van der Waals surface area contributed by atoms with Crippen molar-refractivity contribution in [2.45, 2.75) is 6.42 Å². The van der Waals surface area contributed by atoms with E-state index in [1.807, 2.05) is 12.2 Å². The molecule has 2 nitrogen and oxygen atoms in total. The quantitative estimate of drug-likeness (QED) is 0.551. The zero-order chi connectivity index (χ0) is 9.00. The topological polar surface area (TPSA) is 34.1 Å². The third-order valence-electron chi connectivity index (χ3n) is 3.53. The van der Waals surface area contributed by atoms with Gasteiger partial charge in [0.05, 0.1) is 0 Å². The zero-order valence-corrected chi connectivity index (χ0v) is 7.14. The van der Waals surface area contributed by atoms with Gasteiger partial charge in [0, 0.05) is 11.8 Å². The van der Waals surface area contributed by atoms with E-state index in [0.717, 1.165) is 6.42 Å². The molecule has 1 saturated carbocycles. The van der Waals surface area contributed by atoms with Gasteiger partial charge in [-0.2, -0.15) is 0 Å². The molecule has 0 aromatic carbocycles. The summed E-state index contributed by atoms with van der Waals surface area (Å²) in [5.41, 5.74) is 0. The van der Waals surface area contributed by atoms with Gasteiger partial charge >= 0.3 is 0 Å². The van der Waals surface area contributed by atoms with E-state index in [0.29, 0.717) is 11.8 Å². The number of hydrogen-bond donors (Lipinski definition) is 0. The molecular weight excluding hydrogens is 164 g/mol. The van der Waals surface area contributed by atoms with Crippen LogP contribution in [-0.2, 0) is 9.59 Å². The molecule has 0 aliphatic heterocycles. The summed E-state index contributed by atoms with van der Waals surface area (Å²) in [7, 11) is 0. The van der Waals surface area contributed by atoms with Crippen LogP contribution in [0.3, 0.4) is 0 Å². The van der Waals surface area contributed by atoms with E-state index in [1.165, 1.54) is 0 Å². The molecule has 4 atom stereocenters. The van der Waals surface area contributed by atoms with Crippen LogP contribution in [0.5, 0.6) is 0 Å². The maximum absolute atomic E-state index is 11.5. The van der Waals surface area contributed by atoms with E-state index >= 15 is 0 Å². The lowest BCUT2D eigenvalue weighted by atomic mass is 9.87. The minimum Gasteiger partial charge on any atom is -0.295 e. The zero-order valence-electron chi connectivity index (χ0n) is 7.14. The Morgan fingerprint density at radius 2 is 1.38 bits per heavy atom. The normalized spacial score (nSPS) is 45.8. The average Bonchev–Trinajstić information content (AvgIpc) is 2.69. The molecule has 0 unspecified atom stereocenters. The van der Waals surface area contributed by atoms with Crippen LogP contribution in [0.1, 0.15) is 6.42 Å². The first kappa shape index (κ1) is 7.25. The number of ketones is 2. The summed E-state index contributed by atoms with van der Waals surface area (Å²) in [5, 5.41) is 0. The highest BCUT2D eigenvalue weighted by molar-refractivity contribution is 6.03. The van der Waals surface area contributed by atoms with Gasteiger partial charge in [-0.1, -0.05) is 12.2 Å². The van der Waals surface area contributed by atoms with Crippen molar-refractivity contribution in [3.63, 3.8) is 0 Å². The highest BCUT2D eigenvalue weighted by atomic mass is 16.1. The SMILES string of the molecule is O=C1C=C[C@H]2C[C@H]3C=CC(=O)[C@H]3[C@@H]12. The monoisotopic (exact) mass is 174 g/mol. The lowest BCUT2D eigenvalue weighted by molar-refractivity contribution is -0.126. The molecule has 0 N–H and O–H groups in total. The molecule has 66 valence electrons. The summed E-state index contributed by atoms with van der Waals surface area (Å²) in [6.45, 7) is 0. The predicted molar refractivity (Wildman–Crippen MR) is 46.9 cm³/mol. The highest BCUT2D eigenvalue weighted by Crippen LogP contribution is 2.49. The van der Waals surface area contributed by atoms with Gasteiger partial charge in [0.15, 0.2) is 11.6 Å². The summed E-state index contributed by atoms with van der Waals surface area (Å²) in [5.74, 6) is 0.969. The number of fused-ring (bicyclic) bond motifs is 3. The molecule has 3 rings (SSSR count). The maximum Gasteiger partial charge on any atom is 0.159 e. The van der Waals surface area contributed by atoms with Gasteiger partial charge < -0.3 is 0 Å². The Balaban J connectivity index is 2.01. The second kappa shape index (κ2) is 2.19. The number of allylic oxidation sites excluding steroid dienone is 4. The van der Waals surface area contributed by atoms with Crippen LogP contribution in [0.15, 0.2) is 24.3 Å². The van der Waals surface area contributed by atoms with Crippen molar-refractivity contribution in [3.05, 3.63) is 24.3 Å². The molecule has 13 heavy (non-hydrogen) atoms. The molecular formula is C11H10O2. The maximum atomic E-state index is 11.5. The van der Waals surface area contributed by atoms with Gasteiger partial charge in [-0.25, -0.2) is 0 Å². The molecule has 0 bridgehead atoms. The number of carbonyl (C=O) groups excluding carboxylic acids is 2. The number of hydrogen-bond acceptors (Lipinski definition) is 2. The van der Waals surface area contributed by atoms with Crippen LogP contribution >= 0.6 is 0 Å². The van der Waals surface area contributed by atoms with Crippen LogP contribution in [0, 0.1) is 23.7 Å². The molecule has 0 radical (unpaired) electrons. The first-order valence-corrected chi connectivity index (χ1v) is 4.71. The Hall–Kier alpha value is -1.18. The lowest BCUT2D eigenvalue weighted by Gasteiger charge is -2.13. The third-order valence-corrected chi connectivity index (χ3v) is 3.53. The summed E-state index contributed by atoms with van der Waals surface area (Å²) < 4.78 is 0. The first-order chi connectivity index (χ1) is 6.27. The van der Waals surface area contributed by atoms with Crippen LogP contribution in [0.4, 0.5) is 0 Å². The van der Waals surface area contributed by atoms with Crippen LogP contribution in [0.2, 0.25) is 0 Å². The molecule has 2 heteroatoms. The van der Waals surface area contributed by atoms with Crippen LogP contribution < -0.4 is 0 Å². The van der Waals surface area contributed by atoms with E-state index < -0.39 is 0 Å². The second-order valence-corrected chi connectivity index (χ2v) is 4.14. The molecule has 0 saturated heterocycles. The molecule has 0 amide bonds. The van der Waals surface area contributed by atoms with Crippen molar-refractivity contribution in [1.82, 2.24) is 0 Å². The van der Waals surface area contributed by atoms with Gasteiger partial charge in [0.1, 0.15) is 0 Å². The van der Waals surface area contributed by atoms with E-state index in [1.54, 1.807) is 12.2 Å². The van der Waals surface area contributed by atoms with Crippen molar-refractivity contribution in [2.75, 3.05) is 0 Å². The number of carbonyl (C=O) groups is 2. The van der Waals surface area contributed by atoms with Crippen molar-refractivity contribution in [3.8, 4) is 0 Å². The van der Waals surface area contributed by atoms with E-state index in [4.69, 9.17) is 0 Å². The van der Waals surface area contributed by atoms with E-state index in [2.05, 4.69) is 0 Å². The Bertz CT molecular complexity index is 317. The van der Waals surface area contributed by atoms with Gasteiger partial charge in [-0.3, -0.25) is 9.59 Å². The van der Waals surface area contributed by atoms with Gasteiger partial charge in [-0.15, -0.1) is 0 Å². The average molecular weight is 174 g/mol. The fraction of sp³-hybridized carbons (Fsp3) is 0.455. The Morgan fingerprint density at radius 3 is 1.85 bits per heavy atom. The van der Waals surface area contributed by atoms with Crippen molar-refractivity contribution < 1.29 is 9.59 Å². The molecule has 0 heterocycles. The molecule has 3 aliphatic carbocycles. The predicted octanol–water partition coefficient (Wildman–Crippen LogP) is 1.13. The smallest absolute Gasteiger partial charge is 0.159 e. The first-order valence-electron chi connectivity index (χ1n) is 4.71. The molecule has 0 spiro atoms. The lowest BCUT2D eigenvalue weighted by Crippen LogP contribution is -2.24. The fourth-order valence-electron chi connectivity index (χ4n) is 2.97. The van der Waals surface area contributed by atoms with Crippen LogP contribution in [0.25, 0.3) is 0 Å². The van der Waals surface area contributed by atoms with Gasteiger partial charge in [-0.05, 0) is 30.4 Å². The number of rotatable bonds is 0. The molecule has 0 aromatic heterocycles. The van der Waals surface area contributed by atoms with Crippen LogP contribution in [-0.4, -0.2) is 11.6 Å². The highest BCUT2D eigenvalue weighted by Gasteiger charge is 2.51. The fourth-order valence-corrected chi connectivity index (χ4v) is 2.97. The minimum atomic E-state index is -0.0208. The second-order valence-electron chi connectivity index (χ2n) is 4.14. The third kappa shape index (κ3) is 0.781.